The molecule has 144 valence electrons. The summed E-state index contributed by atoms with van der Waals surface area (Å²) < 4.78 is 25.2. The van der Waals surface area contributed by atoms with Crippen LogP contribution in [-0.4, -0.2) is 37.6 Å². The Hall–Kier alpha value is -2.09. The maximum absolute atomic E-state index is 12.9. The van der Waals surface area contributed by atoms with Crippen LogP contribution in [0.1, 0.15) is 18.9 Å². The van der Waals surface area contributed by atoms with Crippen molar-refractivity contribution in [3.63, 3.8) is 0 Å². The van der Waals surface area contributed by atoms with Gasteiger partial charge < -0.3 is 5.32 Å². The summed E-state index contributed by atoms with van der Waals surface area (Å²) in [5.74, 6) is -0.127. The van der Waals surface area contributed by atoms with Crippen LogP contribution >= 0.6 is 11.6 Å². The smallest absolute Gasteiger partial charge is 0.244 e. The van der Waals surface area contributed by atoms with Crippen molar-refractivity contribution in [1.29, 1.82) is 0 Å². The van der Waals surface area contributed by atoms with Gasteiger partial charge in [0.05, 0.1) is 17.5 Å². The molecule has 1 aliphatic heterocycles. The molecule has 27 heavy (non-hydrogen) atoms. The van der Waals surface area contributed by atoms with Gasteiger partial charge in [0.1, 0.15) is 0 Å². The summed E-state index contributed by atoms with van der Waals surface area (Å²) in [7, 11) is -3.38. The molecule has 0 bridgehead atoms. The standard InChI is InChI=1S/C19H22ClN3O3S/c1-19(10-11-23(19)13-14-6-3-4-9-17(14)20)18(24)21-15-7-5-8-16(12-15)22-27(2,25)26/h3-9,12,22H,10-11,13H2,1-2H3,(H,21,24). The first-order valence-electron chi connectivity index (χ1n) is 8.55. The SMILES string of the molecule is CC1(C(=O)Nc2cccc(NS(C)(=O)=O)c2)CCN1Cc1ccccc1Cl. The van der Waals surface area contributed by atoms with Gasteiger partial charge in [-0.25, -0.2) is 8.42 Å². The lowest BCUT2D eigenvalue weighted by Crippen LogP contribution is -2.63. The van der Waals surface area contributed by atoms with Gasteiger partial charge in [0, 0.05) is 23.8 Å². The molecule has 1 saturated heterocycles. The van der Waals surface area contributed by atoms with E-state index in [2.05, 4.69) is 14.9 Å². The lowest BCUT2D eigenvalue weighted by atomic mass is 9.85. The van der Waals surface area contributed by atoms with Gasteiger partial charge in [-0.1, -0.05) is 35.9 Å². The van der Waals surface area contributed by atoms with Gasteiger partial charge in [-0.3, -0.25) is 14.4 Å². The third kappa shape index (κ3) is 4.61. The van der Waals surface area contributed by atoms with Crippen molar-refractivity contribution < 1.29 is 13.2 Å². The Bertz CT molecular complexity index is 964. The van der Waals surface area contributed by atoms with E-state index in [4.69, 9.17) is 11.6 Å². The molecule has 0 aromatic heterocycles. The van der Waals surface area contributed by atoms with Crippen LogP contribution in [0.2, 0.25) is 5.02 Å². The highest BCUT2D eigenvalue weighted by atomic mass is 35.5. The Balaban J connectivity index is 1.70. The van der Waals surface area contributed by atoms with Crippen LogP contribution in [0.4, 0.5) is 11.4 Å². The van der Waals surface area contributed by atoms with Crippen molar-refractivity contribution in [3.8, 4) is 0 Å². The quantitative estimate of drug-likeness (QED) is 0.770. The van der Waals surface area contributed by atoms with Gasteiger partial charge in [0.15, 0.2) is 0 Å². The Morgan fingerprint density at radius 2 is 1.89 bits per heavy atom. The molecular weight excluding hydrogens is 386 g/mol. The number of sulfonamides is 1. The maximum atomic E-state index is 12.9. The zero-order valence-corrected chi connectivity index (χ0v) is 16.8. The number of hydrogen-bond acceptors (Lipinski definition) is 4. The number of nitrogens with zero attached hydrogens (tertiary/aromatic N) is 1. The van der Waals surface area contributed by atoms with E-state index in [-0.39, 0.29) is 5.91 Å². The molecule has 0 aliphatic carbocycles. The van der Waals surface area contributed by atoms with E-state index < -0.39 is 15.6 Å². The van der Waals surface area contributed by atoms with E-state index in [1.165, 1.54) is 0 Å². The fourth-order valence-corrected chi connectivity index (χ4v) is 3.84. The van der Waals surface area contributed by atoms with Crippen molar-refractivity contribution >= 4 is 38.9 Å². The molecular formula is C19H22ClN3O3S. The number of carbonyl (C=O) groups excluding carboxylic acids is 1. The summed E-state index contributed by atoms with van der Waals surface area (Å²) >= 11 is 6.24. The third-order valence-corrected chi connectivity index (χ3v) is 5.77. The number of hydrogen-bond donors (Lipinski definition) is 2. The second kappa shape index (κ2) is 7.50. The first-order chi connectivity index (χ1) is 12.7. The van der Waals surface area contributed by atoms with Gasteiger partial charge in [0.2, 0.25) is 15.9 Å². The van der Waals surface area contributed by atoms with Crippen LogP contribution in [0.15, 0.2) is 48.5 Å². The predicted octanol–water partition coefficient (Wildman–Crippen LogP) is 3.31. The number of nitrogens with one attached hydrogen (secondary N) is 2. The first kappa shape index (κ1) is 19.7. The van der Waals surface area contributed by atoms with Crippen molar-refractivity contribution in [2.24, 2.45) is 0 Å². The summed E-state index contributed by atoms with van der Waals surface area (Å²) in [5.41, 5.74) is 1.29. The molecule has 1 aliphatic rings. The second-order valence-electron chi connectivity index (χ2n) is 6.95. The summed E-state index contributed by atoms with van der Waals surface area (Å²) in [6.45, 7) is 3.31. The zero-order valence-electron chi connectivity index (χ0n) is 15.2. The third-order valence-electron chi connectivity index (χ3n) is 4.80. The highest BCUT2D eigenvalue weighted by molar-refractivity contribution is 7.92. The number of halogens is 1. The van der Waals surface area contributed by atoms with Crippen molar-refractivity contribution in [2.45, 2.75) is 25.4 Å². The van der Waals surface area contributed by atoms with Gasteiger partial charge in [0.25, 0.3) is 0 Å². The average molecular weight is 408 g/mol. The van der Waals surface area contributed by atoms with Crippen LogP contribution in [-0.2, 0) is 21.4 Å². The van der Waals surface area contributed by atoms with Crippen molar-refractivity contribution in [1.82, 2.24) is 4.90 Å². The predicted molar refractivity (Wildman–Crippen MR) is 108 cm³/mol. The number of rotatable bonds is 6. The summed E-state index contributed by atoms with van der Waals surface area (Å²) in [6, 6.07) is 14.3. The lowest BCUT2D eigenvalue weighted by molar-refractivity contribution is -0.136. The van der Waals surface area contributed by atoms with E-state index in [0.29, 0.717) is 22.9 Å². The molecule has 0 spiro atoms. The minimum Gasteiger partial charge on any atom is -0.324 e. The highest BCUT2D eigenvalue weighted by Gasteiger charge is 2.46. The number of carbonyl (C=O) groups is 1. The Morgan fingerprint density at radius 3 is 2.52 bits per heavy atom. The van der Waals surface area contributed by atoms with Crippen molar-refractivity contribution in [2.75, 3.05) is 22.8 Å². The van der Waals surface area contributed by atoms with E-state index in [1.807, 2.05) is 31.2 Å². The van der Waals surface area contributed by atoms with E-state index in [0.717, 1.165) is 24.8 Å². The minimum atomic E-state index is -3.38. The Kier molecular flexibility index (Phi) is 5.46. The molecule has 1 unspecified atom stereocenters. The zero-order chi connectivity index (χ0) is 19.7. The van der Waals surface area contributed by atoms with Crippen LogP contribution in [0.3, 0.4) is 0 Å². The van der Waals surface area contributed by atoms with Crippen LogP contribution < -0.4 is 10.0 Å². The fourth-order valence-electron chi connectivity index (χ4n) is 3.09. The Labute approximate surface area is 164 Å². The molecule has 1 fully saturated rings. The molecule has 2 aromatic carbocycles. The van der Waals surface area contributed by atoms with Crippen LogP contribution in [0, 0.1) is 0 Å². The largest absolute Gasteiger partial charge is 0.324 e. The maximum Gasteiger partial charge on any atom is 0.244 e. The first-order valence-corrected chi connectivity index (χ1v) is 10.8. The van der Waals surface area contributed by atoms with Gasteiger partial charge >= 0.3 is 0 Å². The second-order valence-corrected chi connectivity index (χ2v) is 9.10. The molecule has 6 nitrogen and oxygen atoms in total. The van der Waals surface area contributed by atoms with Crippen LogP contribution in [0.5, 0.6) is 0 Å². The molecule has 2 aromatic rings. The van der Waals surface area contributed by atoms with E-state index >= 15 is 0 Å². The summed E-state index contributed by atoms with van der Waals surface area (Å²) in [4.78, 5) is 15.0. The molecule has 1 atom stereocenters. The van der Waals surface area contributed by atoms with Crippen molar-refractivity contribution in [3.05, 3.63) is 59.1 Å². The van der Waals surface area contributed by atoms with Gasteiger partial charge in [-0.15, -0.1) is 0 Å². The van der Waals surface area contributed by atoms with E-state index in [9.17, 15) is 13.2 Å². The Morgan fingerprint density at radius 1 is 1.19 bits per heavy atom. The molecule has 2 N–H and O–H groups in total. The topological polar surface area (TPSA) is 78.5 Å². The summed E-state index contributed by atoms with van der Waals surface area (Å²) in [6.07, 6.45) is 1.82. The van der Waals surface area contributed by atoms with Crippen LogP contribution in [0.25, 0.3) is 0 Å². The molecule has 0 saturated carbocycles. The highest BCUT2D eigenvalue weighted by Crippen LogP contribution is 2.34. The van der Waals surface area contributed by atoms with E-state index in [1.54, 1.807) is 24.3 Å². The lowest BCUT2D eigenvalue weighted by Gasteiger charge is -2.49. The molecule has 0 radical (unpaired) electrons. The molecule has 1 amide bonds. The normalized spacial score (nSPS) is 20.0. The molecule has 3 rings (SSSR count). The molecule has 8 heteroatoms. The number of amides is 1. The monoisotopic (exact) mass is 407 g/mol. The van der Waals surface area contributed by atoms with Gasteiger partial charge in [-0.05, 0) is 43.2 Å². The average Bonchev–Trinajstić information content (AvgIpc) is 2.58. The number of anilines is 2. The molecule has 1 heterocycles. The minimum absolute atomic E-state index is 0.127. The number of likely N-dealkylation sites (tertiary alicyclic amines) is 1. The fraction of sp³-hybridized carbons (Fsp3) is 0.316. The van der Waals surface area contributed by atoms with Gasteiger partial charge in [-0.2, -0.15) is 0 Å². The summed E-state index contributed by atoms with van der Waals surface area (Å²) in [5, 5.41) is 3.58. The number of benzene rings is 2.